The summed E-state index contributed by atoms with van der Waals surface area (Å²) < 4.78 is 7.00. The Labute approximate surface area is 148 Å². The van der Waals surface area contributed by atoms with Gasteiger partial charge in [0.25, 0.3) is 0 Å². The smallest absolute Gasteiger partial charge is 0.341 e. The lowest BCUT2D eigenvalue weighted by Gasteiger charge is -2.15. The summed E-state index contributed by atoms with van der Waals surface area (Å²) in [4.78, 5) is 23.9. The lowest BCUT2D eigenvalue weighted by atomic mass is 10.1. The van der Waals surface area contributed by atoms with Gasteiger partial charge in [-0.15, -0.1) is 0 Å². The van der Waals surface area contributed by atoms with E-state index in [1.807, 2.05) is 4.57 Å². The van der Waals surface area contributed by atoms with Crippen molar-refractivity contribution in [3.63, 3.8) is 0 Å². The number of aromatic carboxylic acids is 1. The van der Waals surface area contributed by atoms with Gasteiger partial charge in [0.15, 0.2) is 0 Å². The van der Waals surface area contributed by atoms with Crippen LogP contribution in [-0.4, -0.2) is 47.1 Å². The van der Waals surface area contributed by atoms with Crippen molar-refractivity contribution in [1.82, 2.24) is 4.57 Å². The number of aliphatic hydroxyl groups is 1. The molecule has 134 valence electrons. The highest BCUT2D eigenvalue weighted by Crippen LogP contribution is 2.38. The molecular weight excluding hydrogens is 348 g/mol. The predicted molar refractivity (Wildman–Crippen MR) is 94.8 cm³/mol. The van der Waals surface area contributed by atoms with Gasteiger partial charge in [-0.2, -0.15) is 0 Å². The molecule has 3 rings (SSSR count). The van der Waals surface area contributed by atoms with Crippen LogP contribution in [0, 0.1) is 0 Å². The number of anilines is 1. The molecule has 1 aromatic carbocycles. The number of carboxylic acid groups (broad SMARTS) is 1. The number of carbonyl (C=O) groups is 1. The molecule has 0 saturated heterocycles. The number of ether oxygens (including phenoxy) is 1. The first kappa shape index (κ1) is 17.7. The second-order valence-electron chi connectivity index (χ2n) is 5.93. The highest BCUT2D eigenvalue weighted by atomic mass is 35.5. The van der Waals surface area contributed by atoms with Crippen molar-refractivity contribution in [2.75, 3.05) is 31.7 Å². The van der Waals surface area contributed by atoms with Crippen LogP contribution in [0.4, 0.5) is 5.69 Å². The van der Waals surface area contributed by atoms with Crippen molar-refractivity contribution < 1.29 is 19.7 Å². The second kappa shape index (κ2) is 7.43. The zero-order valence-electron chi connectivity index (χ0n) is 13.5. The van der Waals surface area contributed by atoms with E-state index >= 15 is 0 Å². The maximum atomic E-state index is 12.5. The number of hydrogen-bond donors (Lipinski definition) is 3. The molecule has 0 spiro atoms. The summed E-state index contributed by atoms with van der Waals surface area (Å²) in [5.74, 6) is -1.23. The van der Waals surface area contributed by atoms with E-state index in [9.17, 15) is 14.7 Å². The molecule has 0 unspecified atom stereocenters. The van der Waals surface area contributed by atoms with Gasteiger partial charge in [-0.3, -0.25) is 4.79 Å². The molecule has 1 aromatic heterocycles. The SMILES string of the molecule is O=C(O)c1cn(C2CC2)c2cc(Cl)c(NCCOCCO)cc2c1=O. The molecule has 0 aliphatic heterocycles. The summed E-state index contributed by atoms with van der Waals surface area (Å²) in [6, 6.07) is 3.50. The molecule has 0 amide bonds. The summed E-state index contributed by atoms with van der Waals surface area (Å²) in [5, 5.41) is 21.8. The van der Waals surface area contributed by atoms with Crippen LogP contribution in [0.3, 0.4) is 0 Å². The number of nitrogens with one attached hydrogen (secondary N) is 1. The molecular formula is C17H19ClN2O5. The Morgan fingerprint density at radius 1 is 1.36 bits per heavy atom. The topological polar surface area (TPSA) is 101 Å². The summed E-state index contributed by atoms with van der Waals surface area (Å²) in [7, 11) is 0. The summed E-state index contributed by atoms with van der Waals surface area (Å²) in [5.41, 5.74) is 0.433. The maximum absolute atomic E-state index is 12.5. The van der Waals surface area contributed by atoms with Crippen molar-refractivity contribution in [1.29, 1.82) is 0 Å². The van der Waals surface area contributed by atoms with E-state index in [2.05, 4.69) is 5.32 Å². The van der Waals surface area contributed by atoms with Crippen LogP contribution in [0.2, 0.25) is 5.02 Å². The number of aliphatic hydroxyl groups excluding tert-OH is 1. The zero-order valence-corrected chi connectivity index (χ0v) is 14.3. The van der Waals surface area contributed by atoms with Gasteiger partial charge in [-0.25, -0.2) is 4.79 Å². The van der Waals surface area contributed by atoms with Gasteiger partial charge in [0.05, 0.1) is 36.0 Å². The number of nitrogens with zero attached hydrogens (tertiary/aromatic N) is 1. The Hall–Kier alpha value is -2.09. The van der Waals surface area contributed by atoms with Crippen molar-refractivity contribution in [2.45, 2.75) is 18.9 Å². The number of aromatic nitrogens is 1. The first-order valence-electron chi connectivity index (χ1n) is 8.07. The van der Waals surface area contributed by atoms with E-state index in [1.165, 1.54) is 6.20 Å². The van der Waals surface area contributed by atoms with Crippen LogP contribution in [0.1, 0.15) is 29.2 Å². The first-order chi connectivity index (χ1) is 12.0. The molecule has 7 nitrogen and oxygen atoms in total. The molecule has 2 aromatic rings. The van der Waals surface area contributed by atoms with Crippen LogP contribution in [0.5, 0.6) is 0 Å². The fourth-order valence-electron chi connectivity index (χ4n) is 2.74. The highest BCUT2D eigenvalue weighted by molar-refractivity contribution is 6.34. The number of carboxylic acids is 1. The molecule has 0 radical (unpaired) electrons. The molecule has 25 heavy (non-hydrogen) atoms. The molecule has 1 aliphatic carbocycles. The van der Waals surface area contributed by atoms with Crippen LogP contribution >= 0.6 is 11.6 Å². The highest BCUT2D eigenvalue weighted by Gasteiger charge is 2.27. The van der Waals surface area contributed by atoms with Crippen LogP contribution in [0.15, 0.2) is 23.1 Å². The predicted octanol–water partition coefficient (Wildman–Crippen LogP) is 2.11. The van der Waals surface area contributed by atoms with E-state index in [-0.39, 0.29) is 24.8 Å². The zero-order chi connectivity index (χ0) is 18.0. The number of rotatable bonds is 8. The molecule has 0 atom stereocenters. The molecule has 1 saturated carbocycles. The maximum Gasteiger partial charge on any atom is 0.341 e. The lowest BCUT2D eigenvalue weighted by Crippen LogP contribution is -2.19. The quantitative estimate of drug-likeness (QED) is 0.618. The number of benzene rings is 1. The molecule has 0 bridgehead atoms. The van der Waals surface area contributed by atoms with E-state index in [1.54, 1.807) is 12.1 Å². The third kappa shape index (κ3) is 3.78. The minimum absolute atomic E-state index is 0.0462. The van der Waals surface area contributed by atoms with E-state index < -0.39 is 11.4 Å². The normalized spacial score (nSPS) is 14.0. The standard InChI is InChI=1S/C17H19ClN2O5/c18-13-8-15-11(7-14(13)19-3-5-25-6-4-21)16(22)12(17(23)24)9-20(15)10-1-2-10/h7-10,19,21H,1-6H2,(H,23,24). The van der Waals surface area contributed by atoms with Crippen molar-refractivity contribution in [3.8, 4) is 0 Å². The number of halogens is 1. The van der Waals surface area contributed by atoms with Crippen molar-refractivity contribution in [3.05, 3.63) is 39.1 Å². The Bertz CT molecular complexity index is 860. The lowest BCUT2D eigenvalue weighted by molar-refractivity contribution is 0.0695. The minimum atomic E-state index is -1.23. The summed E-state index contributed by atoms with van der Waals surface area (Å²) in [6.07, 6.45) is 3.32. The van der Waals surface area contributed by atoms with Crippen molar-refractivity contribution in [2.24, 2.45) is 0 Å². The molecule has 3 N–H and O–H groups in total. The van der Waals surface area contributed by atoms with Crippen LogP contribution < -0.4 is 10.7 Å². The first-order valence-corrected chi connectivity index (χ1v) is 8.45. The fraction of sp³-hybridized carbons (Fsp3) is 0.412. The van der Waals surface area contributed by atoms with Gasteiger partial charge in [0.1, 0.15) is 5.56 Å². The Morgan fingerprint density at radius 2 is 2.12 bits per heavy atom. The van der Waals surface area contributed by atoms with Gasteiger partial charge >= 0.3 is 5.97 Å². The largest absolute Gasteiger partial charge is 0.477 e. The number of pyridine rings is 1. The summed E-state index contributed by atoms with van der Waals surface area (Å²) >= 11 is 6.32. The third-order valence-corrected chi connectivity index (χ3v) is 4.40. The van der Waals surface area contributed by atoms with Crippen molar-refractivity contribution >= 4 is 34.2 Å². The van der Waals surface area contributed by atoms with E-state index in [0.717, 1.165) is 12.8 Å². The van der Waals surface area contributed by atoms with Crippen LogP contribution in [0.25, 0.3) is 10.9 Å². The Balaban J connectivity index is 1.98. The second-order valence-corrected chi connectivity index (χ2v) is 6.33. The monoisotopic (exact) mass is 366 g/mol. The Morgan fingerprint density at radius 3 is 2.76 bits per heavy atom. The fourth-order valence-corrected chi connectivity index (χ4v) is 2.96. The van der Waals surface area contributed by atoms with E-state index in [0.29, 0.717) is 34.8 Å². The number of fused-ring (bicyclic) bond motifs is 1. The average Bonchev–Trinajstić information content (AvgIpc) is 3.40. The molecule has 1 heterocycles. The summed E-state index contributed by atoms with van der Waals surface area (Å²) in [6.45, 7) is 1.02. The van der Waals surface area contributed by atoms with Gasteiger partial charge in [-0.1, -0.05) is 11.6 Å². The minimum Gasteiger partial charge on any atom is -0.477 e. The molecule has 1 aliphatic rings. The average molecular weight is 367 g/mol. The van der Waals surface area contributed by atoms with Gasteiger partial charge < -0.3 is 24.8 Å². The van der Waals surface area contributed by atoms with Gasteiger partial charge in [0, 0.05) is 24.2 Å². The third-order valence-electron chi connectivity index (χ3n) is 4.09. The molecule has 8 heteroatoms. The van der Waals surface area contributed by atoms with Crippen LogP contribution in [-0.2, 0) is 4.74 Å². The Kier molecular flexibility index (Phi) is 5.27. The van der Waals surface area contributed by atoms with Gasteiger partial charge in [0.2, 0.25) is 5.43 Å². The van der Waals surface area contributed by atoms with E-state index in [4.69, 9.17) is 21.4 Å². The molecule has 1 fully saturated rings. The van der Waals surface area contributed by atoms with Gasteiger partial charge in [-0.05, 0) is 25.0 Å². The number of hydrogen-bond acceptors (Lipinski definition) is 5.